The third kappa shape index (κ3) is 8.16. The van der Waals surface area contributed by atoms with Crippen LogP contribution < -0.4 is 5.73 Å². The lowest BCUT2D eigenvalue weighted by atomic mass is 9.76. The van der Waals surface area contributed by atoms with Crippen LogP contribution in [0.15, 0.2) is 0 Å². The van der Waals surface area contributed by atoms with Gasteiger partial charge in [-0.2, -0.15) is 0 Å². The summed E-state index contributed by atoms with van der Waals surface area (Å²) in [5.41, 5.74) is 5.78. The molecule has 0 amide bonds. The molecule has 4 heteroatoms. The molecular weight excluding hydrogens is 218 g/mol. The minimum absolute atomic E-state index is 0.145. The zero-order valence-corrected chi connectivity index (χ0v) is 11.6. The summed E-state index contributed by atoms with van der Waals surface area (Å²) in [6.07, 6.45) is 2.26. The van der Waals surface area contributed by atoms with Crippen molar-refractivity contribution >= 4 is 5.97 Å². The van der Waals surface area contributed by atoms with Gasteiger partial charge in [-0.25, -0.2) is 0 Å². The number of ether oxygens (including phenoxy) is 2. The standard InChI is InChI=1S/C13H27NO3/c1-13(2,3)11(7-8-14)5-6-12(15)17-10-9-16-4/h11H,5-10,14H2,1-4H3. The molecule has 0 heterocycles. The summed E-state index contributed by atoms with van der Waals surface area (Å²) >= 11 is 0. The first kappa shape index (κ1) is 16.4. The van der Waals surface area contributed by atoms with Gasteiger partial charge in [0, 0.05) is 13.5 Å². The Morgan fingerprint density at radius 1 is 1.24 bits per heavy atom. The number of methoxy groups -OCH3 is 1. The van der Waals surface area contributed by atoms with Crippen molar-refractivity contribution in [2.24, 2.45) is 17.1 Å². The Morgan fingerprint density at radius 3 is 2.35 bits per heavy atom. The van der Waals surface area contributed by atoms with Crippen molar-refractivity contribution in [2.45, 2.75) is 40.0 Å². The summed E-state index contributed by atoms with van der Waals surface area (Å²) in [7, 11) is 1.59. The smallest absolute Gasteiger partial charge is 0.305 e. The van der Waals surface area contributed by atoms with Crippen LogP contribution in [0.2, 0.25) is 0 Å². The minimum atomic E-state index is -0.145. The van der Waals surface area contributed by atoms with Gasteiger partial charge in [0.1, 0.15) is 6.61 Å². The van der Waals surface area contributed by atoms with Gasteiger partial charge in [-0.1, -0.05) is 20.8 Å². The first-order chi connectivity index (χ1) is 7.91. The molecule has 0 aromatic heterocycles. The monoisotopic (exact) mass is 245 g/mol. The number of nitrogens with two attached hydrogens (primary N) is 1. The molecule has 0 bridgehead atoms. The van der Waals surface area contributed by atoms with Crippen molar-refractivity contribution in [3.8, 4) is 0 Å². The molecular formula is C13H27NO3. The molecule has 1 unspecified atom stereocenters. The van der Waals surface area contributed by atoms with Gasteiger partial charge in [-0.3, -0.25) is 4.79 Å². The quantitative estimate of drug-likeness (QED) is 0.524. The molecule has 0 radical (unpaired) electrons. The van der Waals surface area contributed by atoms with Crippen molar-refractivity contribution in [1.82, 2.24) is 0 Å². The molecule has 0 aliphatic heterocycles. The largest absolute Gasteiger partial charge is 0.463 e. The fourth-order valence-electron chi connectivity index (χ4n) is 1.81. The highest BCUT2D eigenvalue weighted by atomic mass is 16.6. The van der Waals surface area contributed by atoms with E-state index in [1.807, 2.05) is 0 Å². The van der Waals surface area contributed by atoms with Gasteiger partial charge in [-0.15, -0.1) is 0 Å². The van der Waals surface area contributed by atoms with Gasteiger partial charge in [0.05, 0.1) is 6.61 Å². The second-order valence-electron chi connectivity index (χ2n) is 5.39. The maximum absolute atomic E-state index is 11.4. The van der Waals surface area contributed by atoms with Crippen LogP contribution in [0.3, 0.4) is 0 Å². The molecule has 102 valence electrons. The fraction of sp³-hybridized carbons (Fsp3) is 0.923. The van der Waals surface area contributed by atoms with Gasteiger partial charge in [0.15, 0.2) is 0 Å². The average molecular weight is 245 g/mol. The molecule has 17 heavy (non-hydrogen) atoms. The summed E-state index contributed by atoms with van der Waals surface area (Å²) in [4.78, 5) is 11.4. The summed E-state index contributed by atoms with van der Waals surface area (Å²) in [5.74, 6) is 0.316. The van der Waals surface area contributed by atoms with Crippen molar-refractivity contribution in [1.29, 1.82) is 0 Å². The SMILES string of the molecule is COCCOC(=O)CCC(CCN)C(C)(C)C. The zero-order chi connectivity index (χ0) is 13.3. The molecule has 4 nitrogen and oxygen atoms in total. The van der Waals surface area contributed by atoms with E-state index in [1.54, 1.807) is 7.11 Å². The molecule has 1 atom stereocenters. The number of rotatable bonds is 8. The Labute approximate surface area is 105 Å². The molecule has 0 aromatic rings. The summed E-state index contributed by atoms with van der Waals surface area (Å²) in [5, 5.41) is 0. The van der Waals surface area contributed by atoms with Crippen LogP contribution in [0.25, 0.3) is 0 Å². The summed E-state index contributed by atoms with van der Waals surface area (Å²) in [6, 6.07) is 0. The molecule has 0 fully saturated rings. The van der Waals surface area contributed by atoms with Crippen molar-refractivity contribution in [3.05, 3.63) is 0 Å². The Hall–Kier alpha value is -0.610. The predicted octanol–water partition coefficient (Wildman–Crippen LogP) is 1.97. The van der Waals surface area contributed by atoms with Crippen LogP contribution in [-0.2, 0) is 14.3 Å². The number of hydrogen-bond acceptors (Lipinski definition) is 4. The third-order valence-corrected chi connectivity index (χ3v) is 2.99. The van der Waals surface area contributed by atoms with E-state index >= 15 is 0 Å². The van der Waals surface area contributed by atoms with E-state index in [-0.39, 0.29) is 11.4 Å². The first-order valence-corrected chi connectivity index (χ1v) is 6.26. The highest BCUT2D eigenvalue weighted by Crippen LogP contribution is 2.32. The van der Waals surface area contributed by atoms with Crippen LogP contribution in [0.5, 0.6) is 0 Å². The van der Waals surface area contributed by atoms with Crippen molar-refractivity contribution < 1.29 is 14.3 Å². The van der Waals surface area contributed by atoms with E-state index in [9.17, 15) is 4.79 Å². The topological polar surface area (TPSA) is 61.5 Å². The second kappa shape index (κ2) is 8.48. The minimum Gasteiger partial charge on any atom is -0.463 e. The fourth-order valence-corrected chi connectivity index (χ4v) is 1.81. The Balaban J connectivity index is 3.92. The molecule has 2 N–H and O–H groups in total. The van der Waals surface area contributed by atoms with Gasteiger partial charge in [0.25, 0.3) is 0 Å². The lowest BCUT2D eigenvalue weighted by Crippen LogP contribution is -2.24. The van der Waals surface area contributed by atoms with Crippen molar-refractivity contribution in [2.75, 3.05) is 26.9 Å². The molecule has 0 aliphatic carbocycles. The Bertz CT molecular complexity index is 211. The number of esters is 1. The lowest BCUT2D eigenvalue weighted by Gasteiger charge is -2.30. The maximum Gasteiger partial charge on any atom is 0.305 e. The van der Waals surface area contributed by atoms with Crippen LogP contribution in [0.1, 0.15) is 40.0 Å². The van der Waals surface area contributed by atoms with Gasteiger partial charge in [0.2, 0.25) is 0 Å². The van der Waals surface area contributed by atoms with E-state index in [2.05, 4.69) is 20.8 Å². The Kier molecular flexibility index (Phi) is 8.17. The molecule has 0 saturated heterocycles. The highest BCUT2D eigenvalue weighted by Gasteiger charge is 2.24. The second-order valence-corrected chi connectivity index (χ2v) is 5.39. The van der Waals surface area contributed by atoms with Crippen LogP contribution in [0, 0.1) is 11.3 Å². The summed E-state index contributed by atoms with van der Waals surface area (Å²) in [6.45, 7) is 8.01. The van der Waals surface area contributed by atoms with E-state index < -0.39 is 0 Å². The Morgan fingerprint density at radius 2 is 1.88 bits per heavy atom. The van der Waals surface area contributed by atoms with Crippen molar-refractivity contribution in [3.63, 3.8) is 0 Å². The first-order valence-electron chi connectivity index (χ1n) is 6.26. The molecule has 0 saturated carbocycles. The molecule has 0 aliphatic rings. The normalized spacial score (nSPS) is 13.5. The summed E-state index contributed by atoms with van der Waals surface area (Å²) < 4.78 is 9.85. The zero-order valence-electron chi connectivity index (χ0n) is 11.6. The molecule has 0 spiro atoms. The molecule has 0 aromatic carbocycles. The van der Waals surface area contributed by atoms with Crippen LogP contribution in [0.4, 0.5) is 0 Å². The van der Waals surface area contributed by atoms with E-state index in [4.69, 9.17) is 15.2 Å². The van der Waals surface area contributed by atoms with E-state index in [0.29, 0.717) is 32.1 Å². The highest BCUT2D eigenvalue weighted by molar-refractivity contribution is 5.69. The van der Waals surface area contributed by atoms with Gasteiger partial charge in [-0.05, 0) is 30.7 Å². The average Bonchev–Trinajstić information content (AvgIpc) is 2.23. The van der Waals surface area contributed by atoms with E-state index in [1.165, 1.54) is 0 Å². The maximum atomic E-state index is 11.4. The van der Waals surface area contributed by atoms with E-state index in [0.717, 1.165) is 12.8 Å². The third-order valence-electron chi connectivity index (χ3n) is 2.99. The number of hydrogen-bond donors (Lipinski definition) is 1. The van der Waals surface area contributed by atoms with Crippen LogP contribution >= 0.6 is 0 Å². The lowest BCUT2D eigenvalue weighted by molar-refractivity contribution is -0.145. The number of carbonyl (C=O) groups excluding carboxylic acids is 1. The van der Waals surface area contributed by atoms with Gasteiger partial charge >= 0.3 is 5.97 Å². The van der Waals surface area contributed by atoms with Crippen LogP contribution in [-0.4, -0.2) is 32.8 Å². The number of carbonyl (C=O) groups is 1. The van der Waals surface area contributed by atoms with Gasteiger partial charge < -0.3 is 15.2 Å². The predicted molar refractivity (Wildman–Crippen MR) is 68.7 cm³/mol. The molecule has 0 rings (SSSR count).